The van der Waals surface area contributed by atoms with Gasteiger partial charge in [-0.05, 0) is 135 Å². The number of carbonyl (C=O) groups excluding carboxylic acids is 7. The highest BCUT2D eigenvalue weighted by Crippen LogP contribution is 2.38. The lowest BCUT2D eigenvalue weighted by Gasteiger charge is -2.36. The highest BCUT2D eigenvalue weighted by molar-refractivity contribution is 7.11. The van der Waals surface area contributed by atoms with E-state index in [1.165, 1.54) is 62.5 Å². The Labute approximate surface area is 751 Å². The molecular formula is C84H128Cl3FN8O28S. The largest absolute Gasteiger partial charge is 0.478 e. The smallest absolute Gasteiger partial charge is 0.411 e. The predicted molar refractivity (Wildman–Crippen MR) is 464 cm³/mol. The molecule has 7 fully saturated rings. The first-order chi connectivity index (χ1) is 58.1. The maximum Gasteiger partial charge on any atom is 0.411 e. The molecule has 36 nitrogen and oxygen atoms in total. The van der Waals surface area contributed by atoms with Gasteiger partial charge in [-0.2, -0.15) is 0 Å². The molecule has 0 saturated carbocycles. The van der Waals surface area contributed by atoms with E-state index in [2.05, 4.69) is 10.3 Å². The second kappa shape index (κ2) is 58.1. The van der Waals surface area contributed by atoms with Gasteiger partial charge in [0.25, 0.3) is 0 Å². The number of halogens is 4. The number of esters is 2. The molecule has 125 heavy (non-hydrogen) atoms. The lowest BCUT2D eigenvalue weighted by atomic mass is 9.95. The highest BCUT2D eigenvalue weighted by Gasteiger charge is 2.38. The van der Waals surface area contributed by atoms with E-state index < -0.39 is 94.5 Å². The van der Waals surface area contributed by atoms with E-state index in [9.17, 15) is 52.3 Å². The molecule has 706 valence electrons. The number of nitrogens with zero attached hydrogens (tertiary/aromatic N) is 7. The third kappa shape index (κ3) is 44.7. The number of aliphatic hydroxyl groups excluding tert-OH is 2. The molecule has 1 aromatic heterocycles. The molecule has 10 rings (SSSR count). The summed E-state index contributed by atoms with van der Waals surface area (Å²) in [7, 11) is 0. The minimum Gasteiger partial charge on any atom is -0.478 e. The van der Waals surface area contributed by atoms with Gasteiger partial charge in [-0.1, -0.05) is 42.0 Å². The van der Waals surface area contributed by atoms with Gasteiger partial charge in [-0.25, -0.2) is 52.5 Å². The standard InChI is InChI=1S/C24H24ClFN4O5S.C14H23NO5.C12H19NO5.C10H19NO4.C10H17NO4.C8H12O3.C6H12O2.2ClH/c1-2-35-24(33)20-18(12-30-8-9-34-13-15(30)4-6-19(31)32)28-22(23-27-7-10-36-23)29-21(20)16-5-3-14(26)11-17(16)25;1-5-19-12(16)7-6-11-10-18-9-8-15(11)13(17)20-14(2,3)4;1-12(2,3)18-11(16)13-6-7-17-8-9(13)4-5-10(14)15;2*1-10(2,3)15-9(13)11-4-5-14-7-8(11)6-12;9-8(10)4-3-7-2-1-5-11-6-7;7-4-6-2-1-3-8-5-6;;/h3-7,10-11,15,21H,2,8-9,12-13H2,1H3,(H,28,29)(H,31,32);6-7,11H,5,8-10H2,1-4H3;4-5,9H,6-8H2,1-3H3,(H,14,15);8,12H,4-7H2,1-3H3;6,8H,4-5,7H2,1-3H3;3-4,7H,1-2,5-6H2,(H,9,10);6-7H,1-5H2;2*1H/b6-4+;7-6+;5-4+;;;4-3+;;;/t15?,21-;;;;;;;;/m0......../s1. The van der Waals surface area contributed by atoms with Gasteiger partial charge in [0.2, 0.25) is 0 Å². The van der Waals surface area contributed by atoms with E-state index >= 15 is 0 Å². The molecule has 8 aliphatic heterocycles. The first-order valence-corrected chi connectivity index (χ1v) is 42.0. The number of hydrogen-bond donors (Lipinski definition) is 6. The lowest BCUT2D eigenvalue weighted by Crippen LogP contribution is -2.51. The van der Waals surface area contributed by atoms with E-state index in [1.54, 1.807) is 90.1 Å². The normalized spacial score (nSPS) is 21.8. The van der Waals surface area contributed by atoms with Gasteiger partial charge in [0.1, 0.15) is 46.6 Å². The Morgan fingerprint density at radius 3 is 1.42 bits per heavy atom. The number of aliphatic hydroxyl groups is 2. The van der Waals surface area contributed by atoms with Crippen molar-refractivity contribution in [3.63, 3.8) is 0 Å². The molecule has 0 aliphatic carbocycles. The zero-order valence-corrected chi connectivity index (χ0v) is 76.9. The molecular weight excluding hydrogens is 1730 g/mol. The van der Waals surface area contributed by atoms with E-state index in [1.807, 2.05) is 46.4 Å². The summed E-state index contributed by atoms with van der Waals surface area (Å²) >= 11 is 7.77. The summed E-state index contributed by atoms with van der Waals surface area (Å²) in [6.07, 6.45) is 15.9. The number of amidine groups is 1. The number of aromatic nitrogens is 1. The minimum atomic E-state index is -1.06. The molecule has 0 bridgehead atoms. The van der Waals surface area contributed by atoms with Crippen LogP contribution >= 0.6 is 47.8 Å². The molecule has 2 aromatic rings. The van der Waals surface area contributed by atoms with Crippen molar-refractivity contribution < 1.29 is 139 Å². The van der Waals surface area contributed by atoms with Crippen LogP contribution in [0, 0.1) is 17.7 Å². The van der Waals surface area contributed by atoms with Crippen molar-refractivity contribution in [2.45, 2.75) is 181 Å². The zero-order chi connectivity index (χ0) is 91.5. The SMILES string of the molecule is CC(C)(C)OC(=O)N1CCOCC1/C=C/C(=O)O.CC(C)(C)OC(=O)N1CCOCC1C=O.CC(C)(C)OC(=O)N1CCOCC1CO.CCOC(=O)/C=C/C1COCCN1C(=O)OC(C)(C)C.CCOC(=O)C1=C(CN2CCOCC2/C=C/C(=O)O)NC(c2nccs2)=N[C@H]1c1ccc(F)cc1Cl.Cl.Cl.O=C(O)/C=C/C1CCCOC1.OCC1CCCOC1. The number of carbonyl (C=O) groups is 10. The van der Waals surface area contributed by atoms with Crippen LogP contribution in [0.1, 0.15) is 139 Å². The van der Waals surface area contributed by atoms with Crippen molar-refractivity contribution in [1.82, 2.24) is 34.8 Å². The quantitative estimate of drug-likeness (QED) is 0.0350. The first kappa shape index (κ1) is 113. The van der Waals surface area contributed by atoms with Gasteiger partial charge in [-0.15, -0.1) is 36.2 Å². The van der Waals surface area contributed by atoms with E-state index in [-0.39, 0.29) is 92.6 Å². The Hall–Kier alpha value is -8.48. The number of ether oxygens (including phenoxy) is 13. The van der Waals surface area contributed by atoms with Gasteiger partial charge >= 0.3 is 54.2 Å². The summed E-state index contributed by atoms with van der Waals surface area (Å²) < 4.78 is 81.7. The Kier molecular flexibility index (Phi) is 52.3. The molecule has 6 N–H and O–H groups in total. The molecule has 9 heterocycles. The number of morpholine rings is 5. The maximum absolute atomic E-state index is 13.8. The van der Waals surface area contributed by atoms with Crippen molar-refractivity contribution in [1.29, 1.82) is 0 Å². The van der Waals surface area contributed by atoms with Gasteiger partial charge in [0.05, 0.1) is 129 Å². The number of aliphatic imine (C=N–C) groups is 1. The van der Waals surface area contributed by atoms with Gasteiger partial charge in [-0.3, -0.25) is 29.5 Å². The highest BCUT2D eigenvalue weighted by atomic mass is 35.5. The molecule has 0 radical (unpaired) electrons. The number of carboxylic acids is 3. The predicted octanol–water partition coefficient (Wildman–Crippen LogP) is 9.93. The van der Waals surface area contributed by atoms with Crippen LogP contribution in [-0.4, -0.2) is 332 Å². The monoisotopic (exact) mass is 1850 g/mol. The summed E-state index contributed by atoms with van der Waals surface area (Å²) in [5, 5.41) is 49.5. The van der Waals surface area contributed by atoms with Crippen LogP contribution in [0.2, 0.25) is 5.02 Å². The maximum atomic E-state index is 13.8. The summed E-state index contributed by atoms with van der Waals surface area (Å²) in [6, 6.07) is 1.22. The van der Waals surface area contributed by atoms with Gasteiger partial charge in [0, 0.05) is 123 Å². The summed E-state index contributed by atoms with van der Waals surface area (Å²) in [6.45, 7) is 35.1. The minimum absolute atomic E-state index is 0. The Morgan fingerprint density at radius 2 is 0.992 bits per heavy atom. The number of aliphatic carboxylic acids is 3. The zero-order valence-electron chi connectivity index (χ0n) is 73.7. The fourth-order valence-electron chi connectivity index (χ4n) is 12.0. The van der Waals surface area contributed by atoms with E-state index in [0.29, 0.717) is 146 Å². The molecule has 4 amide bonds. The Bertz CT molecular complexity index is 3840. The average Bonchev–Trinajstić information content (AvgIpc) is 1.07. The summed E-state index contributed by atoms with van der Waals surface area (Å²) in [4.78, 5) is 131. The number of benzene rings is 1. The molecule has 7 saturated heterocycles. The molecule has 8 atom stereocenters. The second-order valence-corrected chi connectivity index (χ2v) is 33.7. The third-order valence-corrected chi connectivity index (χ3v) is 18.7. The number of hydrogen-bond acceptors (Lipinski definition) is 30. The van der Waals surface area contributed by atoms with Crippen LogP contribution in [0.4, 0.5) is 23.6 Å². The van der Waals surface area contributed by atoms with Crippen molar-refractivity contribution >= 4 is 114 Å². The Balaban J connectivity index is 0.000000518. The van der Waals surface area contributed by atoms with Crippen LogP contribution < -0.4 is 5.32 Å². The number of nitrogens with one attached hydrogen (secondary N) is 1. The van der Waals surface area contributed by atoms with Crippen molar-refractivity contribution in [3.05, 3.63) is 111 Å². The average molecular weight is 1860 g/mol. The first-order valence-electron chi connectivity index (χ1n) is 40.7. The van der Waals surface area contributed by atoms with E-state index in [0.717, 1.165) is 57.7 Å². The number of rotatable bonds is 18. The van der Waals surface area contributed by atoms with Crippen molar-refractivity contribution in [3.8, 4) is 0 Å². The summed E-state index contributed by atoms with van der Waals surface area (Å²) in [5.41, 5.74) is -0.981. The van der Waals surface area contributed by atoms with Gasteiger partial charge < -0.3 is 97.2 Å². The number of thiazole rings is 1. The number of amides is 4. The molecule has 8 aliphatic rings. The van der Waals surface area contributed by atoms with Gasteiger partial charge in [0.15, 0.2) is 10.8 Å². The molecule has 7 unspecified atom stereocenters. The molecule has 0 spiro atoms. The van der Waals surface area contributed by atoms with Crippen LogP contribution in [0.3, 0.4) is 0 Å². The van der Waals surface area contributed by atoms with Crippen LogP contribution in [0.25, 0.3) is 0 Å². The number of aldehydes is 1. The molecule has 1 aromatic carbocycles. The van der Waals surface area contributed by atoms with Crippen LogP contribution in [0.15, 0.2) is 94.6 Å². The Morgan fingerprint density at radius 1 is 0.552 bits per heavy atom. The lowest BCUT2D eigenvalue weighted by molar-refractivity contribution is -0.139. The second-order valence-electron chi connectivity index (χ2n) is 32.3. The van der Waals surface area contributed by atoms with E-state index in [4.69, 9.17) is 104 Å². The third-order valence-electron chi connectivity index (χ3n) is 17.6. The van der Waals surface area contributed by atoms with Crippen molar-refractivity contribution in [2.24, 2.45) is 16.8 Å². The number of carboxylic acid groups (broad SMARTS) is 3. The van der Waals surface area contributed by atoms with Crippen molar-refractivity contribution in [2.75, 3.05) is 158 Å². The fraction of sp³-hybridized carbons (Fsp3) is 0.643. The summed E-state index contributed by atoms with van der Waals surface area (Å²) in [5.74, 6) is -3.36. The fourth-order valence-corrected chi connectivity index (χ4v) is 12.8. The van der Waals surface area contributed by atoms with Crippen LogP contribution in [-0.2, 0) is 90.3 Å². The van der Waals surface area contributed by atoms with Crippen LogP contribution in [0.5, 0.6) is 0 Å². The topological polar surface area (TPSA) is 445 Å². The molecule has 41 heteroatoms.